The van der Waals surface area contributed by atoms with E-state index >= 15 is 0 Å². The molecule has 1 aliphatic rings. The number of H-pyrrole nitrogens is 1. The van der Waals surface area contributed by atoms with Crippen LogP contribution >= 0.6 is 23.6 Å². The first-order chi connectivity index (χ1) is 11.4. The first kappa shape index (κ1) is 15.7. The van der Waals surface area contributed by atoms with Gasteiger partial charge in [-0.3, -0.25) is 9.36 Å². The Morgan fingerprint density at radius 2 is 2.17 bits per heavy atom. The number of aromatic nitrogens is 2. The van der Waals surface area contributed by atoms with E-state index in [4.69, 9.17) is 17.0 Å². The highest BCUT2D eigenvalue weighted by Gasteiger charge is 2.30. The van der Waals surface area contributed by atoms with Gasteiger partial charge in [-0.05, 0) is 56.2 Å². The molecule has 0 unspecified atom stereocenters. The van der Waals surface area contributed by atoms with Crippen molar-refractivity contribution in [3.05, 3.63) is 55.4 Å². The zero-order chi connectivity index (χ0) is 17.1. The largest absolute Gasteiger partial charge is 0.370 e. The quantitative estimate of drug-likeness (QED) is 0.661. The second-order valence-electron chi connectivity index (χ2n) is 6.84. The van der Waals surface area contributed by atoms with E-state index in [1.54, 1.807) is 15.9 Å². The maximum atomic E-state index is 13.2. The Labute approximate surface area is 148 Å². The molecule has 0 bridgehead atoms. The smallest absolute Gasteiger partial charge is 0.267 e. The van der Waals surface area contributed by atoms with Gasteiger partial charge in [0, 0.05) is 11.3 Å². The summed E-state index contributed by atoms with van der Waals surface area (Å²) in [6.45, 7) is 6.67. The average Bonchev–Trinajstić information content (AvgIpc) is 2.83. The third-order valence-electron chi connectivity index (χ3n) is 4.39. The van der Waals surface area contributed by atoms with Crippen LogP contribution in [-0.2, 0) is 17.8 Å². The van der Waals surface area contributed by atoms with Gasteiger partial charge in [0.05, 0.1) is 23.3 Å². The van der Waals surface area contributed by atoms with Crippen LogP contribution in [0.15, 0.2) is 29.1 Å². The summed E-state index contributed by atoms with van der Waals surface area (Å²) in [5.41, 5.74) is 2.69. The lowest BCUT2D eigenvalue weighted by atomic mass is 9.94. The predicted octanol–water partition coefficient (Wildman–Crippen LogP) is 4.27. The number of nitrogens with one attached hydrogen (secondary N) is 1. The summed E-state index contributed by atoms with van der Waals surface area (Å²) in [7, 11) is 0. The van der Waals surface area contributed by atoms with Gasteiger partial charge in [0.1, 0.15) is 4.83 Å². The number of nitrogens with zero attached hydrogens (tertiary/aromatic N) is 1. The second-order valence-corrected chi connectivity index (χ2v) is 8.33. The summed E-state index contributed by atoms with van der Waals surface area (Å²) in [6.07, 6.45) is 0.732. The Bertz CT molecular complexity index is 1070. The third-order valence-corrected chi connectivity index (χ3v) is 5.79. The first-order valence-electron chi connectivity index (χ1n) is 7.86. The van der Waals surface area contributed by atoms with Crippen LogP contribution in [0.4, 0.5) is 0 Å². The Morgan fingerprint density at radius 1 is 1.38 bits per heavy atom. The van der Waals surface area contributed by atoms with Crippen molar-refractivity contribution >= 4 is 33.8 Å². The highest BCUT2D eigenvalue weighted by molar-refractivity contribution is 7.71. The molecule has 6 heteroatoms. The van der Waals surface area contributed by atoms with Crippen molar-refractivity contribution in [3.63, 3.8) is 0 Å². The SMILES string of the molecule is Cc1cccc(-n2c(=S)[nH]c3sc4c(c3c2=O)CC(C)(C)OC4)c1. The third kappa shape index (κ3) is 2.46. The molecule has 3 heterocycles. The number of hydrogen-bond acceptors (Lipinski definition) is 4. The molecule has 0 amide bonds. The Kier molecular flexibility index (Phi) is 3.53. The van der Waals surface area contributed by atoms with Gasteiger partial charge in [-0.2, -0.15) is 0 Å². The van der Waals surface area contributed by atoms with Gasteiger partial charge in [-0.15, -0.1) is 11.3 Å². The van der Waals surface area contributed by atoms with Crippen LogP contribution in [0.2, 0.25) is 0 Å². The number of thiophene rings is 1. The lowest BCUT2D eigenvalue weighted by Gasteiger charge is -2.29. The van der Waals surface area contributed by atoms with Crippen molar-refractivity contribution in [3.8, 4) is 5.69 Å². The monoisotopic (exact) mass is 358 g/mol. The molecule has 4 rings (SSSR count). The molecule has 0 aliphatic carbocycles. The van der Waals surface area contributed by atoms with Crippen molar-refractivity contribution in [2.45, 2.75) is 39.4 Å². The fourth-order valence-corrected chi connectivity index (χ4v) is 4.70. The zero-order valence-corrected chi connectivity index (χ0v) is 15.4. The number of ether oxygens (including phenoxy) is 1. The first-order valence-corrected chi connectivity index (χ1v) is 9.09. The number of hydrogen-bond donors (Lipinski definition) is 1. The molecule has 0 radical (unpaired) electrons. The van der Waals surface area contributed by atoms with Crippen LogP contribution in [0, 0.1) is 11.7 Å². The topological polar surface area (TPSA) is 47.0 Å². The molecule has 1 N–H and O–H groups in total. The van der Waals surface area contributed by atoms with Gasteiger partial charge in [-0.1, -0.05) is 12.1 Å². The molecule has 0 atom stereocenters. The lowest BCUT2D eigenvalue weighted by Crippen LogP contribution is -2.32. The van der Waals surface area contributed by atoms with Crippen LogP contribution < -0.4 is 5.56 Å². The van der Waals surface area contributed by atoms with Gasteiger partial charge in [0.25, 0.3) is 5.56 Å². The average molecular weight is 358 g/mol. The summed E-state index contributed by atoms with van der Waals surface area (Å²) < 4.78 is 7.91. The van der Waals surface area contributed by atoms with Crippen LogP contribution in [-0.4, -0.2) is 15.2 Å². The Morgan fingerprint density at radius 3 is 2.92 bits per heavy atom. The van der Waals surface area contributed by atoms with E-state index < -0.39 is 0 Å². The minimum Gasteiger partial charge on any atom is -0.370 e. The molecule has 124 valence electrons. The van der Waals surface area contributed by atoms with Crippen molar-refractivity contribution in [2.24, 2.45) is 0 Å². The molecule has 0 saturated carbocycles. The van der Waals surface area contributed by atoms with Gasteiger partial charge in [0.15, 0.2) is 4.77 Å². The van der Waals surface area contributed by atoms with E-state index in [0.717, 1.165) is 38.3 Å². The molecule has 3 aromatic rings. The molecule has 0 spiro atoms. The van der Waals surface area contributed by atoms with E-state index in [1.165, 1.54) is 0 Å². The standard InChI is InChI=1S/C18H18N2O2S2/c1-10-5-4-6-11(7-10)20-16(21)14-12-8-18(2,3)22-9-13(12)24-15(14)19-17(20)23/h4-7H,8-9H2,1-3H3,(H,19,23). The minimum absolute atomic E-state index is 0.0467. The highest BCUT2D eigenvalue weighted by Crippen LogP contribution is 2.36. The van der Waals surface area contributed by atoms with Crippen molar-refractivity contribution in [1.82, 2.24) is 9.55 Å². The summed E-state index contributed by atoms with van der Waals surface area (Å²) >= 11 is 7.04. The molecule has 1 aliphatic heterocycles. The fraction of sp³-hybridized carbons (Fsp3) is 0.333. The highest BCUT2D eigenvalue weighted by atomic mass is 32.1. The van der Waals surface area contributed by atoms with Gasteiger partial charge < -0.3 is 9.72 Å². The summed E-state index contributed by atoms with van der Waals surface area (Å²) in [5, 5.41) is 0.751. The number of aromatic amines is 1. The molecule has 0 saturated heterocycles. The van der Waals surface area contributed by atoms with Crippen LogP contribution in [0.3, 0.4) is 0 Å². The van der Waals surface area contributed by atoms with Crippen LogP contribution in [0.25, 0.3) is 15.9 Å². The van der Waals surface area contributed by atoms with E-state index in [-0.39, 0.29) is 11.2 Å². The second kappa shape index (κ2) is 5.37. The van der Waals surface area contributed by atoms with E-state index in [1.807, 2.05) is 31.2 Å². The van der Waals surface area contributed by atoms with Gasteiger partial charge >= 0.3 is 0 Å². The van der Waals surface area contributed by atoms with E-state index in [2.05, 4.69) is 18.8 Å². The number of fused-ring (bicyclic) bond motifs is 3. The summed E-state index contributed by atoms with van der Waals surface area (Å²) in [6, 6.07) is 7.83. The number of benzene rings is 1. The summed E-state index contributed by atoms with van der Waals surface area (Å²) in [4.78, 5) is 18.5. The summed E-state index contributed by atoms with van der Waals surface area (Å²) in [5.74, 6) is 0. The Balaban J connectivity index is 2.04. The maximum Gasteiger partial charge on any atom is 0.267 e. The minimum atomic E-state index is -0.256. The van der Waals surface area contributed by atoms with Gasteiger partial charge in [0.2, 0.25) is 0 Å². The lowest BCUT2D eigenvalue weighted by molar-refractivity contribution is -0.0379. The normalized spacial score (nSPS) is 16.3. The molecule has 1 aromatic carbocycles. The van der Waals surface area contributed by atoms with Crippen LogP contribution in [0.1, 0.15) is 29.9 Å². The number of aryl methyl sites for hydroxylation is 1. The molecule has 2 aromatic heterocycles. The molecular formula is C18H18N2O2S2. The fourth-order valence-electron chi connectivity index (χ4n) is 3.23. The molecule has 4 nitrogen and oxygen atoms in total. The predicted molar refractivity (Wildman–Crippen MR) is 99.9 cm³/mol. The van der Waals surface area contributed by atoms with Crippen molar-refractivity contribution in [1.29, 1.82) is 0 Å². The molecular weight excluding hydrogens is 340 g/mol. The zero-order valence-electron chi connectivity index (χ0n) is 13.8. The van der Waals surface area contributed by atoms with Crippen molar-refractivity contribution < 1.29 is 4.74 Å². The van der Waals surface area contributed by atoms with Gasteiger partial charge in [-0.25, -0.2) is 0 Å². The van der Waals surface area contributed by atoms with E-state index in [0.29, 0.717) is 11.4 Å². The van der Waals surface area contributed by atoms with Crippen LogP contribution in [0.5, 0.6) is 0 Å². The van der Waals surface area contributed by atoms with Crippen molar-refractivity contribution in [2.75, 3.05) is 0 Å². The maximum absolute atomic E-state index is 13.2. The Hall–Kier alpha value is -1.76. The molecule has 24 heavy (non-hydrogen) atoms. The number of rotatable bonds is 1. The van der Waals surface area contributed by atoms with E-state index in [9.17, 15) is 4.79 Å². The molecule has 0 fully saturated rings.